The van der Waals surface area contributed by atoms with Gasteiger partial charge in [-0.1, -0.05) is 29.3 Å². The molecule has 0 heterocycles. The Kier molecular flexibility index (Phi) is 7.30. The van der Waals surface area contributed by atoms with Gasteiger partial charge in [0.2, 0.25) is 5.91 Å². The number of hydrogen-bond acceptors (Lipinski definition) is 3. The van der Waals surface area contributed by atoms with E-state index in [-0.39, 0.29) is 24.4 Å². The molecule has 2 aromatic carbocycles. The van der Waals surface area contributed by atoms with Crippen molar-refractivity contribution in [3.05, 3.63) is 63.6 Å². The van der Waals surface area contributed by atoms with Gasteiger partial charge >= 0.3 is 0 Å². The van der Waals surface area contributed by atoms with Crippen LogP contribution in [0.25, 0.3) is 0 Å². The second-order valence-electron chi connectivity index (χ2n) is 5.60. The number of amides is 2. The van der Waals surface area contributed by atoms with Crippen LogP contribution >= 0.6 is 23.2 Å². The van der Waals surface area contributed by atoms with Gasteiger partial charge in [0.05, 0.1) is 19.2 Å². The highest BCUT2D eigenvalue weighted by atomic mass is 35.5. The van der Waals surface area contributed by atoms with Crippen LogP contribution in [0.2, 0.25) is 10.0 Å². The first kappa shape index (κ1) is 20.1. The number of ether oxygens (including phenoxy) is 1. The zero-order valence-electron chi connectivity index (χ0n) is 14.5. The molecule has 2 N–H and O–H groups in total. The van der Waals surface area contributed by atoms with Crippen LogP contribution < -0.4 is 15.4 Å². The number of benzene rings is 2. The minimum absolute atomic E-state index is 0.137. The summed E-state index contributed by atoms with van der Waals surface area (Å²) in [7, 11) is 0. The van der Waals surface area contributed by atoms with Crippen LogP contribution in [0, 0.1) is 0 Å². The van der Waals surface area contributed by atoms with E-state index in [4.69, 9.17) is 27.9 Å². The standard InChI is InChI=1S/C19H20Cl2N2O3/c1-3-26-15-7-4-13(5-8-15)19(25)22-11-18(24)23-12(2)16-9-6-14(20)10-17(16)21/h4-10,12H,3,11H2,1-2H3,(H,22,25)(H,23,24)/t12-/m1/s1. The second-order valence-corrected chi connectivity index (χ2v) is 6.44. The van der Waals surface area contributed by atoms with Crippen molar-refractivity contribution < 1.29 is 14.3 Å². The lowest BCUT2D eigenvalue weighted by molar-refractivity contribution is -0.120. The SMILES string of the molecule is CCOc1ccc(C(=O)NCC(=O)N[C@H](C)c2ccc(Cl)cc2Cl)cc1. The third kappa shape index (κ3) is 5.64. The first-order chi connectivity index (χ1) is 12.4. The van der Waals surface area contributed by atoms with Crippen LogP contribution in [-0.2, 0) is 4.79 Å². The van der Waals surface area contributed by atoms with Crippen molar-refractivity contribution in [2.45, 2.75) is 19.9 Å². The Morgan fingerprint density at radius 1 is 1.12 bits per heavy atom. The fourth-order valence-corrected chi connectivity index (χ4v) is 2.93. The topological polar surface area (TPSA) is 67.4 Å². The molecule has 0 unspecified atom stereocenters. The smallest absolute Gasteiger partial charge is 0.251 e. The predicted octanol–water partition coefficient (Wildman–Crippen LogP) is 4.00. The van der Waals surface area contributed by atoms with E-state index in [0.717, 1.165) is 5.56 Å². The van der Waals surface area contributed by atoms with Crippen LogP contribution in [0.5, 0.6) is 5.75 Å². The average Bonchev–Trinajstić information content (AvgIpc) is 2.60. The van der Waals surface area contributed by atoms with Gasteiger partial charge in [-0.15, -0.1) is 0 Å². The van der Waals surface area contributed by atoms with Crippen molar-refractivity contribution in [3.63, 3.8) is 0 Å². The minimum Gasteiger partial charge on any atom is -0.494 e. The summed E-state index contributed by atoms with van der Waals surface area (Å²) in [5.74, 6) is 0.0404. The molecule has 5 nitrogen and oxygen atoms in total. The van der Waals surface area contributed by atoms with Crippen molar-refractivity contribution in [2.75, 3.05) is 13.2 Å². The summed E-state index contributed by atoms with van der Waals surface area (Å²) in [4.78, 5) is 24.2. The summed E-state index contributed by atoms with van der Waals surface area (Å²) in [6.07, 6.45) is 0. The van der Waals surface area contributed by atoms with E-state index in [1.165, 1.54) is 0 Å². The van der Waals surface area contributed by atoms with Gasteiger partial charge in [0.25, 0.3) is 5.91 Å². The maximum atomic E-state index is 12.1. The van der Waals surface area contributed by atoms with Gasteiger partial charge in [0.1, 0.15) is 5.75 Å². The fourth-order valence-electron chi connectivity index (χ4n) is 2.35. The molecule has 26 heavy (non-hydrogen) atoms. The average molecular weight is 395 g/mol. The monoisotopic (exact) mass is 394 g/mol. The molecule has 0 aliphatic heterocycles. The van der Waals surface area contributed by atoms with Crippen molar-refractivity contribution in [1.29, 1.82) is 0 Å². The number of halogens is 2. The van der Waals surface area contributed by atoms with E-state index in [9.17, 15) is 9.59 Å². The summed E-state index contributed by atoms with van der Waals surface area (Å²) in [5.41, 5.74) is 1.21. The molecule has 0 aromatic heterocycles. The molecule has 7 heteroatoms. The summed E-state index contributed by atoms with van der Waals surface area (Å²) in [6, 6.07) is 11.5. The Morgan fingerprint density at radius 2 is 1.81 bits per heavy atom. The number of hydrogen-bond donors (Lipinski definition) is 2. The van der Waals surface area contributed by atoms with Crippen molar-refractivity contribution >= 4 is 35.0 Å². The van der Waals surface area contributed by atoms with Crippen LogP contribution in [0.15, 0.2) is 42.5 Å². The molecule has 2 aromatic rings. The quantitative estimate of drug-likeness (QED) is 0.745. The van der Waals surface area contributed by atoms with Gasteiger partial charge in [-0.2, -0.15) is 0 Å². The van der Waals surface area contributed by atoms with E-state index in [1.807, 2.05) is 6.92 Å². The molecular formula is C19H20Cl2N2O3. The number of rotatable bonds is 7. The predicted molar refractivity (Wildman–Crippen MR) is 103 cm³/mol. The van der Waals surface area contributed by atoms with Crippen molar-refractivity contribution in [2.24, 2.45) is 0 Å². The van der Waals surface area contributed by atoms with E-state index in [2.05, 4.69) is 10.6 Å². The maximum Gasteiger partial charge on any atom is 0.251 e. The maximum absolute atomic E-state index is 12.1. The zero-order chi connectivity index (χ0) is 19.1. The largest absolute Gasteiger partial charge is 0.494 e. The van der Waals surface area contributed by atoms with Crippen molar-refractivity contribution in [1.82, 2.24) is 10.6 Å². The Labute approximate surface area is 162 Å². The zero-order valence-corrected chi connectivity index (χ0v) is 16.0. The Bertz CT molecular complexity index is 779. The molecule has 2 rings (SSSR count). The molecule has 0 aliphatic carbocycles. The Balaban J connectivity index is 1.86. The number of carbonyl (C=O) groups excluding carboxylic acids is 2. The highest BCUT2D eigenvalue weighted by Gasteiger charge is 2.14. The molecule has 0 saturated heterocycles. The molecule has 138 valence electrons. The molecule has 0 saturated carbocycles. The van der Waals surface area contributed by atoms with Crippen LogP contribution in [0.3, 0.4) is 0 Å². The number of carbonyl (C=O) groups is 2. The molecule has 0 bridgehead atoms. The van der Waals surface area contributed by atoms with Crippen molar-refractivity contribution in [3.8, 4) is 5.75 Å². The van der Waals surface area contributed by atoms with E-state index in [0.29, 0.717) is 28.0 Å². The molecule has 2 amide bonds. The van der Waals surface area contributed by atoms with Crippen LogP contribution in [-0.4, -0.2) is 25.0 Å². The lowest BCUT2D eigenvalue weighted by Gasteiger charge is -2.16. The van der Waals surface area contributed by atoms with Gasteiger partial charge in [-0.25, -0.2) is 0 Å². The van der Waals surface area contributed by atoms with Gasteiger partial charge in [0.15, 0.2) is 0 Å². The molecule has 0 fully saturated rings. The minimum atomic E-state index is -0.333. The second kappa shape index (κ2) is 9.46. The summed E-state index contributed by atoms with van der Waals surface area (Å²) in [5, 5.41) is 6.38. The van der Waals surface area contributed by atoms with Gasteiger partial charge in [0, 0.05) is 15.6 Å². The fraction of sp³-hybridized carbons (Fsp3) is 0.263. The lowest BCUT2D eigenvalue weighted by atomic mass is 10.1. The molecule has 0 radical (unpaired) electrons. The highest BCUT2D eigenvalue weighted by molar-refractivity contribution is 6.35. The van der Waals surface area contributed by atoms with Gasteiger partial charge < -0.3 is 15.4 Å². The Morgan fingerprint density at radius 3 is 2.42 bits per heavy atom. The van der Waals surface area contributed by atoms with Crippen LogP contribution in [0.1, 0.15) is 35.8 Å². The molecular weight excluding hydrogens is 375 g/mol. The summed E-state index contributed by atoms with van der Waals surface area (Å²) in [6.45, 7) is 4.11. The van der Waals surface area contributed by atoms with Crippen LogP contribution in [0.4, 0.5) is 0 Å². The lowest BCUT2D eigenvalue weighted by Crippen LogP contribution is -2.38. The van der Waals surface area contributed by atoms with E-state index < -0.39 is 0 Å². The molecule has 0 aliphatic rings. The normalized spacial score (nSPS) is 11.5. The van der Waals surface area contributed by atoms with Gasteiger partial charge in [-0.3, -0.25) is 9.59 Å². The Hall–Kier alpha value is -2.24. The highest BCUT2D eigenvalue weighted by Crippen LogP contribution is 2.25. The van der Waals surface area contributed by atoms with E-state index >= 15 is 0 Å². The summed E-state index contributed by atoms with van der Waals surface area (Å²) < 4.78 is 5.33. The molecule has 1 atom stereocenters. The number of nitrogens with one attached hydrogen (secondary N) is 2. The third-order valence-corrected chi connectivity index (χ3v) is 4.21. The molecule has 0 spiro atoms. The van der Waals surface area contributed by atoms with Gasteiger partial charge in [-0.05, 0) is 55.8 Å². The third-order valence-electron chi connectivity index (χ3n) is 3.64. The first-order valence-corrected chi connectivity index (χ1v) is 8.91. The first-order valence-electron chi connectivity index (χ1n) is 8.16. The van der Waals surface area contributed by atoms with E-state index in [1.54, 1.807) is 49.4 Å². The summed E-state index contributed by atoms with van der Waals surface area (Å²) >= 11 is 12.0.